The molecule has 0 N–H and O–H groups in total. The zero-order valence-corrected chi connectivity index (χ0v) is 18.4. The van der Waals surface area contributed by atoms with Crippen LogP contribution in [0, 0.1) is 12.7 Å². The van der Waals surface area contributed by atoms with E-state index in [9.17, 15) is 17.6 Å². The van der Waals surface area contributed by atoms with Gasteiger partial charge in [0.2, 0.25) is 10.0 Å². The number of nitrogens with zero attached hydrogens (tertiary/aromatic N) is 2. The maximum Gasteiger partial charge on any atom is 0.243 e. The predicted octanol–water partition coefficient (Wildman–Crippen LogP) is 3.88. The molecule has 0 aliphatic carbocycles. The number of hydrogen-bond donors (Lipinski definition) is 0. The van der Waals surface area contributed by atoms with E-state index in [0.717, 1.165) is 24.9 Å². The molecule has 1 unspecified atom stereocenters. The van der Waals surface area contributed by atoms with Crippen molar-refractivity contribution in [2.75, 3.05) is 26.2 Å². The molecular formula is C23H29FN2O3S. The Morgan fingerprint density at radius 1 is 1.07 bits per heavy atom. The third kappa shape index (κ3) is 5.33. The second-order valence-electron chi connectivity index (χ2n) is 7.85. The van der Waals surface area contributed by atoms with Gasteiger partial charge in [-0.15, -0.1) is 0 Å². The summed E-state index contributed by atoms with van der Waals surface area (Å²) in [6.07, 6.45) is 2.22. The lowest BCUT2D eigenvalue weighted by molar-refractivity contribution is 0.0808. The van der Waals surface area contributed by atoms with Crippen LogP contribution in [0.15, 0.2) is 53.4 Å². The highest BCUT2D eigenvalue weighted by molar-refractivity contribution is 7.89. The van der Waals surface area contributed by atoms with Gasteiger partial charge in [0.05, 0.1) is 4.90 Å². The maximum atomic E-state index is 13.2. The van der Waals surface area contributed by atoms with Gasteiger partial charge in [-0.05, 0) is 56.3 Å². The molecule has 1 saturated heterocycles. The van der Waals surface area contributed by atoms with Gasteiger partial charge in [-0.2, -0.15) is 4.31 Å². The summed E-state index contributed by atoms with van der Waals surface area (Å²) in [6.45, 7) is 6.12. The average Bonchev–Trinajstić information content (AvgIpc) is 2.73. The number of sulfonamides is 1. The van der Waals surface area contributed by atoms with Gasteiger partial charge in [0.25, 0.3) is 0 Å². The van der Waals surface area contributed by atoms with Crippen molar-refractivity contribution >= 4 is 15.8 Å². The van der Waals surface area contributed by atoms with Crippen molar-refractivity contribution in [3.63, 3.8) is 0 Å². The van der Waals surface area contributed by atoms with Crippen molar-refractivity contribution in [1.29, 1.82) is 0 Å². The van der Waals surface area contributed by atoms with Crippen LogP contribution in [-0.2, 0) is 10.0 Å². The smallest absolute Gasteiger partial charge is 0.243 e. The molecule has 0 saturated carbocycles. The van der Waals surface area contributed by atoms with E-state index in [-0.39, 0.29) is 35.5 Å². The summed E-state index contributed by atoms with van der Waals surface area (Å²) >= 11 is 0. The first-order chi connectivity index (χ1) is 14.3. The monoisotopic (exact) mass is 432 g/mol. The topological polar surface area (TPSA) is 57.7 Å². The minimum absolute atomic E-state index is 0.101. The second-order valence-corrected chi connectivity index (χ2v) is 9.79. The quantitative estimate of drug-likeness (QED) is 0.594. The molecule has 1 atom stereocenters. The molecule has 2 aromatic rings. The van der Waals surface area contributed by atoms with Crippen molar-refractivity contribution in [3.8, 4) is 0 Å². The molecule has 3 rings (SSSR count). The zero-order valence-electron chi connectivity index (χ0n) is 17.6. The molecule has 1 aliphatic heterocycles. The lowest BCUT2D eigenvalue weighted by Gasteiger charge is -2.40. The molecule has 7 heteroatoms. The number of carbonyl (C=O) groups excluding carboxylic acids is 1. The van der Waals surface area contributed by atoms with Crippen molar-refractivity contribution in [2.24, 2.45) is 0 Å². The van der Waals surface area contributed by atoms with Gasteiger partial charge in [-0.25, -0.2) is 12.8 Å². The van der Waals surface area contributed by atoms with Crippen LogP contribution in [0.3, 0.4) is 0 Å². The van der Waals surface area contributed by atoms with Gasteiger partial charge in [0.1, 0.15) is 5.82 Å². The number of rotatable bonds is 8. The maximum absolute atomic E-state index is 13.2. The SMILES string of the molecule is CCCCN1CCN(S(=O)(=O)c2ccc(C)cc2)CC1CC(=O)c1ccc(F)cc1. The molecule has 1 aliphatic rings. The van der Waals surface area contributed by atoms with Crippen LogP contribution in [0.1, 0.15) is 42.1 Å². The van der Waals surface area contributed by atoms with E-state index in [2.05, 4.69) is 11.8 Å². The Labute approximate surface area is 178 Å². The van der Waals surface area contributed by atoms with Crippen molar-refractivity contribution in [3.05, 3.63) is 65.5 Å². The number of piperazine rings is 1. The van der Waals surface area contributed by atoms with Crippen LogP contribution >= 0.6 is 0 Å². The Hall–Kier alpha value is -2.09. The van der Waals surface area contributed by atoms with Crippen LogP contribution in [0.5, 0.6) is 0 Å². The Bertz CT molecular complexity index is 959. The first-order valence-corrected chi connectivity index (χ1v) is 11.8. The van der Waals surface area contributed by atoms with E-state index in [1.165, 1.54) is 28.6 Å². The fourth-order valence-electron chi connectivity index (χ4n) is 3.76. The normalized spacial score (nSPS) is 18.4. The minimum Gasteiger partial charge on any atom is -0.297 e. The molecule has 0 radical (unpaired) electrons. The lowest BCUT2D eigenvalue weighted by atomic mass is 10.0. The first-order valence-electron chi connectivity index (χ1n) is 10.4. The van der Waals surface area contributed by atoms with Crippen molar-refractivity contribution in [2.45, 2.75) is 44.0 Å². The van der Waals surface area contributed by atoms with E-state index >= 15 is 0 Å². The average molecular weight is 433 g/mol. The Morgan fingerprint density at radius 2 is 1.73 bits per heavy atom. The van der Waals surface area contributed by atoms with Crippen molar-refractivity contribution in [1.82, 2.24) is 9.21 Å². The molecular weight excluding hydrogens is 403 g/mol. The predicted molar refractivity (Wildman–Crippen MR) is 116 cm³/mol. The van der Waals surface area contributed by atoms with E-state index in [1.54, 1.807) is 24.3 Å². The first kappa shape index (κ1) is 22.6. The Balaban J connectivity index is 1.79. The molecule has 2 aromatic carbocycles. The van der Waals surface area contributed by atoms with Gasteiger partial charge in [-0.3, -0.25) is 9.69 Å². The van der Waals surface area contributed by atoms with Gasteiger partial charge in [0.15, 0.2) is 5.78 Å². The molecule has 0 spiro atoms. The summed E-state index contributed by atoms with van der Waals surface area (Å²) in [5, 5.41) is 0. The number of carbonyl (C=O) groups is 1. The third-order valence-corrected chi connectivity index (χ3v) is 7.49. The zero-order chi connectivity index (χ0) is 21.7. The highest BCUT2D eigenvalue weighted by Crippen LogP contribution is 2.23. The van der Waals surface area contributed by atoms with E-state index in [1.807, 2.05) is 6.92 Å². The molecule has 30 heavy (non-hydrogen) atoms. The van der Waals surface area contributed by atoms with Crippen LogP contribution in [0.2, 0.25) is 0 Å². The lowest BCUT2D eigenvalue weighted by Crippen LogP contribution is -2.55. The van der Waals surface area contributed by atoms with E-state index < -0.39 is 10.0 Å². The molecule has 0 aromatic heterocycles. The number of unbranched alkanes of at least 4 members (excludes halogenated alkanes) is 1. The highest BCUT2D eigenvalue weighted by Gasteiger charge is 2.35. The summed E-state index contributed by atoms with van der Waals surface area (Å²) in [5.74, 6) is -0.486. The molecule has 5 nitrogen and oxygen atoms in total. The number of ketones is 1. The van der Waals surface area contributed by atoms with Gasteiger partial charge in [-0.1, -0.05) is 31.0 Å². The standard InChI is InChI=1S/C23H29FN2O3S/c1-3-4-13-25-14-15-26(30(28,29)22-11-5-18(2)6-12-22)17-21(25)16-23(27)19-7-9-20(24)10-8-19/h5-12,21H,3-4,13-17H2,1-2H3. The van der Waals surface area contributed by atoms with Crippen molar-refractivity contribution < 1.29 is 17.6 Å². The summed E-state index contributed by atoms with van der Waals surface area (Å²) in [4.78, 5) is 15.3. The van der Waals surface area contributed by atoms with E-state index in [0.29, 0.717) is 18.7 Å². The number of halogens is 1. The largest absolute Gasteiger partial charge is 0.297 e. The summed E-state index contributed by atoms with van der Waals surface area (Å²) in [7, 11) is -3.62. The Kier molecular flexibility index (Phi) is 7.39. The molecule has 1 fully saturated rings. The van der Waals surface area contributed by atoms with Gasteiger partial charge >= 0.3 is 0 Å². The summed E-state index contributed by atoms with van der Waals surface area (Å²) in [5.41, 5.74) is 1.45. The highest BCUT2D eigenvalue weighted by atomic mass is 32.2. The molecule has 162 valence electrons. The number of hydrogen-bond acceptors (Lipinski definition) is 4. The van der Waals surface area contributed by atoms with Crippen LogP contribution in [-0.4, -0.2) is 55.6 Å². The molecule has 0 amide bonds. The van der Waals surface area contributed by atoms with Gasteiger partial charge in [0, 0.05) is 37.7 Å². The van der Waals surface area contributed by atoms with E-state index in [4.69, 9.17) is 0 Å². The van der Waals surface area contributed by atoms with Gasteiger partial charge < -0.3 is 0 Å². The second kappa shape index (κ2) is 9.81. The fraction of sp³-hybridized carbons (Fsp3) is 0.435. The number of aryl methyl sites for hydroxylation is 1. The number of benzene rings is 2. The minimum atomic E-state index is -3.62. The molecule has 0 bridgehead atoms. The third-order valence-electron chi connectivity index (χ3n) is 5.61. The van der Waals surface area contributed by atoms with Crippen LogP contribution in [0.25, 0.3) is 0 Å². The fourth-order valence-corrected chi connectivity index (χ4v) is 5.23. The van der Waals surface area contributed by atoms with Crippen LogP contribution < -0.4 is 0 Å². The summed E-state index contributed by atoms with van der Waals surface area (Å²) in [6, 6.07) is 12.2. The number of Topliss-reactive ketones (excluding diaryl/α,β-unsaturated/α-hetero) is 1. The van der Waals surface area contributed by atoms with Crippen LogP contribution in [0.4, 0.5) is 4.39 Å². The molecule has 1 heterocycles. The summed E-state index contributed by atoms with van der Waals surface area (Å²) < 4.78 is 41.0. The Morgan fingerprint density at radius 3 is 2.37 bits per heavy atom.